The lowest BCUT2D eigenvalue weighted by Gasteiger charge is -2.27. The van der Waals surface area contributed by atoms with Gasteiger partial charge in [0.05, 0.1) is 11.3 Å². The fourth-order valence-electron chi connectivity index (χ4n) is 2.62. The highest BCUT2D eigenvalue weighted by atomic mass is 35.5. The Hall–Kier alpha value is -3.99. The number of Topliss-reactive ketones (excluding diaryl/α,β-unsaturated/α-hetero) is 1. The van der Waals surface area contributed by atoms with Crippen molar-refractivity contribution in [3.63, 3.8) is 0 Å². The molecule has 0 saturated heterocycles. The predicted molar refractivity (Wildman–Crippen MR) is 108 cm³/mol. The lowest BCUT2D eigenvalue weighted by Crippen LogP contribution is -2.50. The zero-order valence-corrected chi connectivity index (χ0v) is 17.0. The van der Waals surface area contributed by atoms with E-state index in [1.165, 1.54) is 48.5 Å². The van der Waals surface area contributed by atoms with Crippen LogP contribution in [-0.4, -0.2) is 40.4 Å². The van der Waals surface area contributed by atoms with Crippen molar-refractivity contribution in [3.8, 4) is 0 Å². The number of hydrogen-bond acceptors (Lipinski definition) is 8. The third-order valence-corrected chi connectivity index (χ3v) is 4.63. The van der Waals surface area contributed by atoms with Crippen LogP contribution in [0.4, 0.5) is 10.5 Å². The molecule has 1 unspecified atom stereocenters. The van der Waals surface area contributed by atoms with Gasteiger partial charge in [-0.1, -0.05) is 41.9 Å². The van der Waals surface area contributed by atoms with E-state index in [1.54, 1.807) is 6.07 Å². The van der Waals surface area contributed by atoms with Gasteiger partial charge in [-0.2, -0.15) is 0 Å². The summed E-state index contributed by atoms with van der Waals surface area (Å²) >= 11 is 6.22. The average Bonchev–Trinajstić information content (AvgIpc) is 2.77. The van der Waals surface area contributed by atoms with Crippen molar-refractivity contribution in [2.45, 2.75) is 24.1 Å². The number of carboxylic acid groups (broad SMARTS) is 1. The molecule has 2 atom stereocenters. The molecule has 167 valence electrons. The highest BCUT2D eigenvalue weighted by Crippen LogP contribution is 2.33. The molecular weight excluding hydrogens is 448 g/mol. The summed E-state index contributed by atoms with van der Waals surface area (Å²) in [7, 11) is 0. The number of carbonyl (C=O) groups is 3. The van der Waals surface area contributed by atoms with E-state index in [-0.39, 0.29) is 17.9 Å². The number of hydrogen-bond donors (Lipinski definition) is 2. The van der Waals surface area contributed by atoms with Gasteiger partial charge in [-0.15, -0.1) is 0 Å². The summed E-state index contributed by atoms with van der Waals surface area (Å²) in [5, 5.41) is 19.4. The number of ketones is 1. The molecule has 0 bridgehead atoms. The highest BCUT2D eigenvalue weighted by Gasteiger charge is 2.46. The molecule has 0 saturated carbocycles. The molecule has 0 fully saturated rings. The first kappa shape index (κ1) is 24.3. The van der Waals surface area contributed by atoms with E-state index in [0.717, 1.165) is 6.47 Å². The molecule has 0 spiro atoms. The number of nitrogens with one attached hydrogen (secondary N) is 1. The van der Waals surface area contributed by atoms with E-state index in [9.17, 15) is 29.3 Å². The number of nitrogens with zero attached hydrogens (tertiary/aromatic N) is 1. The van der Waals surface area contributed by atoms with Crippen molar-refractivity contribution in [2.24, 2.45) is 0 Å². The minimum atomic E-state index is -2.44. The van der Waals surface area contributed by atoms with Crippen molar-refractivity contribution in [1.82, 2.24) is 5.32 Å². The van der Waals surface area contributed by atoms with E-state index in [4.69, 9.17) is 21.4 Å². The number of nitro benzene ring substituents is 1. The number of ether oxygens (including phenoxy) is 2. The van der Waals surface area contributed by atoms with E-state index < -0.39 is 40.3 Å². The lowest BCUT2D eigenvalue weighted by molar-refractivity contribution is -0.384. The maximum atomic E-state index is 13.0. The maximum Gasteiger partial charge on any atom is 0.419 e. The Kier molecular flexibility index (Phi) is 8.24. The van der Waals surface area contributed by atoms with E-state index in [1.807, 2.05) is 0 Å². The molecular formula is C20H16ClN2O9. The Morgan fingerprint density at radius 1 is 1.16 bits per heavy atom. The monoisotopic (exact) mass is 463 g/mol. The Balaban J connectivity index is 2.14. The highest BCUT2D eigenvalue weighted by molar-refractivity contribution is 6.35. The first-order chi connectivity index (χ1) is 15.2. The van der Waals surface area contributed by atoms with Crippen LogP contribution in [0, 0.1) is 10.1 Å². The van der Waals surface area contributed by atoms with Crippen LogP contribution in [0.2, 0.25) is 0 Å². The fourth-order valence-corrected chi connectivity index (χ4v) is 2.91. The molecule has 2 rings (SSSR count). The number of benzene rings is 2. The van der Waals surface area contributed by atoms with Gasteiger partial charge < -0.3 is 19.9 Å². The third-order valence-electron chi connectivity index (χ3n) is 4.15. The van der Waals surface area contributed by atoms with Crippen molar-refractivity contribution in [1.29, 1.82) is 0 Å². The number of carbonyl (C=O) groups excluding carboxylic acids is 3. The molecule has 2 aromatic carbocycles. The van der Waals surface area contributed by atoms with Gasteiger partial charge >= 0.3 is 18.5 Å². The standard InChI is InChI=1S/C20H16ClN2O9/c21-20(32-12-24,14-4-2-1-3-5-14)18(27)16(10-17(25)26)22-19(28)31-11-13-6-8-15(9-7-13)23(29)30/h1-9,16H,10-11H2,(H,22,28)(H,25,26)/t16-,20?/m0/s1. The van der Waals surface area contributed by atoms with Crippen LogP contribution in [0.25, 0.3) is 0 Å². The molecule has 2 aromatic rings. The molecule has 0 aliphatic carbocycles. The summed E-state index contributed by atoms with van der Waals surface area (Å²) in [4.78, 5) is 57.3. The molecule has 32 heavy (non-hydrogen) atoms. The van der Waals surface area contributed by atoms with Gasteiger partial charge in [0.25, 0.3) is 10.7 Å². The molecule has 1 amide bonds. The third kappa shape index (κ3) is 6.25. The van der Waals surface area contributed by atoms with Crippen molar-refractivity contribution < 1.29 is 38.7 Å². The topological polar surface area (TPSA) is 162 Å². The second-order valence-electron chi connectivity index (χ2n) is 6.31. The number of alkyl carbamates (subject to hydrolysis) is 1. The summed E-state index contributed by atoms with van der Waals surface area (Å²) in [6.45, 7) is 0.748. The van der Waals surface area contributed by atoms with Gasteiger partial charge in [0, 0.05) is 17.7 Å². The molecule has 0 heterocycles. The first-order valence-corrected chi connectivity index (χ1v) is 9.27. The average molecular weight is 464 g/mol. The van der Waals surface area contributed by atoms with Crippen LogP contribution in [0.15, 0.2) is 54.6 Å². The van der Waals surface area contributed by atoms with Crippen LogP contribution < -0.4 is 5.32 Å². The summed E-state index contributed by atoms with van der Waals surface area (Å²) in [5.74, 6) is -2.58. The van der Waals surface area contributed by atoms with Crippen LogP contribution in [0.1, 0.15) is 17.5 Å². The Labute approximate surface area is 186 Å². The number of alkyl halides is 1. The second kappa shape index (κ2) is 10.9. The summed E-state index contributed by atoms with van der Waals surface area (Å²) in [6, 6.07) is 10.8. The maximum absolute atomic E-state index is 13.0. The van der Waals surface area contributed by atoms with Crippen LogP contribution in [0.5, 0.6) is 0 Å². The predicted octanol–water partition coefficient (Wildman–Crippen LogP) is 2.41. The van der Waals surface area contributed by atoms with Gasteiger partial charge in [-0.25, -0.2) is 9.59 Å². The number of amides is 1. The molecule has 0 aromatic heterocycles. The Morgan fingerprint density at radius 3 is 2.31 bits per heavy atom. The SMILES string of the molecule is O=[C]OC(Cl)(C(=O)[C@H](CC(=O)O)NC(=O)OCc1ccc([N+](=O)[O-])cc1)c1ccccc1. The van der Waals surface area contributed by atoms with Crippen LogP contribution in [0.3, 0.4) is 0 Å². The fraction of sp³-hybridized carbons (Fsp3) is 0.200. The number of rotatable bonds is 11. The summed E-state index contributed by atoms with van der Waals surface area (Å²) < 4.78 is 9.59. The zero-order valence-electron chi connectivity index (χ0n) is 16.2. The first-order valence-electron chi connectivity index (χ1n) is 8.89. The number of halogens is 1. The summed E-state index contributed by atoms with van der Waals surface area (Å²) in [5.41, 5.74) is 0.268. The number of nitro groups is 1. The van der Waals surface area contributed by atoms with Gasteiger partial charge in [0.2, 0.25) is 5.78 Å². The van der Waals surface area contributed by atoms with Gasteiger partial charge in [0.15, 0.2) is 0 Å². The molecule has 11 nitrogen and oxygen atoms in total. The normalized spacial score (nSPS) is 13.2. The summed E-state index contributed by atoms with van der Waals surface area (Å²) in [6.07, 6.45) is -2.04. The Bertz CT molecular complexity index is 998. The van der Waals surface area contributed by atoms with Crippen LogP contribution >= 0.6 is 11.6 Å². The number of aliphatic carboxylic acids is 1. The molecule has 2 N–H and O–H groups in total. The van der Waals surface area contributed by atoms with Gasteiger partial charge in [0.1, 0.15) is 12.6 Å². The molecule has 12 heteroatoms. The van der Waals surface area contributed by atoms with Crippen molar-refractivity contribution in [3.05, 3.63) is 75.8 Å². The second-order valence-corrected chi connectivity index (χ2v) is 6.84. The van der Waals surface area contributed by atoms with Crippen LogP contribution in [-0.2, 0) is 35.5 Å². The van der Waals surface area contributed by atoms with E-state index in [2.05, 4.69) is 10.1 Å². The number of carboxylic acids is 1. The quantitative estimate of drug-likeness (QED) is 0.289. The zero-order chi connectivity index (χ0) is 23.7. The Morgan fingerprint density at radius 2 is 1.78 bits per heavy atom. The minimum absolute atomic E-state index is 0.0199. The minimum Gasteiger partial charge on any atom is -0.481 e. The van der Waals surface area contributed by atoms with Crippen molar-refractivity contribution >= 4 is 41.6 Å². The van der Waals surface area contributed by atoms with Gasteiger partial charge in [-0.05, 0) is 17.7 Å². The van der Waals surface area contributed by atoms with E-state index in [0.29, 0.717) is 5.56 Å². The smallest absolute Gasteiger partial charge is 0.419 e. The molecule has 1 radical (unpaired) electrons. The number of non-ortho nitro benzene ring substituents is 1. The van der Waals surface area contributed by atoms with E-state index >= 15 is 0 Å². The molecule has 0 aliphatic rings. The van der Waals surface area contributed by atoms with Crippen molar-refractivity contribution in [2.75, 3.05) is 0 Å². The largest absolute Gasteiger partial charge is 0.481 e. The lowest BCUT2D eigenvalue weighted by atomic mass is 9.97. The van der Waals surface area contributed by atoms with Gasteiger partial charge in [-0.3, -0.25) is 19.7 Å². The molecule has 0 aliphatic heterocycles.